The maximum absolute atomic E-state index is 12.6. The second kappa shape index (κ2) is 10.6. The molecule has 1 aromatic heterocycles. The number of aromatic nitrogens is 2. The van der Waals surface area contributed by atoms with Crippen LogP contribution in [-0.4, -0.2) is 30.9 Å². The molecule has 0 saturated heterocycles. The fourth-order valence-corrected chi connectivity index (χ4v) is 4.25. The zero-order chi connectivity index (χ0) is 24.0. The summed E-state index contributed by atoms with van der Waals surface area (Å²) in [5, 5.41) is 3.40. The van der Waals surface area contributed by atoms with E-state index < -0.39 is 10.0 Å². The van der Waals surface area contributed by atoms with E-state index in [4.69, 9.17) is 16.3 Å². The third kappa shape index (κ3) is 7.16. The van der Waals surface area contributed by atoms with Crippen LogP contribution in [0.15, 0.2) is 53.4 Å². The number of carbonyl (C=O) groups excluding carboxylic acids is 1. The van der Waals surface area contributed by atoms with Crippen LogP contribution >= 0.6 is 11.6 Å². The van der Waals surface area contributed by atoms with Crippen LogP contribution in [0, 0.1) is 20.8 Å². The second-order valence-corrected chi connectivity index (χ2v) is 9.63. The van der Waals surface area contributed by atoms with E-state index >= 15 is 0 Å². The number of sulfonamides is 1. The number of halogens is 1. The molecular formula is C23H25ClN4O4S. The first-order chi connectivity index (χ1) is 15.6. The molecule has 174 valence electrons. The van der Waals surface area contributed by atoms with Gasteiger partial charge in [-0.1, -0.05) is 11.6 Å². The molecule has 1 amide bonds. The monoisotopic (exact) mass is 488 g/mol. The third-order valence-electron chi connectivity index (χ3n) is 4.60. The van der Waals surface area contributed by atoms with Gasteiger partial charge in [0.15, 0.2) is 0 Å². The van der Waals surface area contributed by atoms with Crippen molar-refractivity contribution in [3.8, 4) is 5.75 Å². The minimum absolute atomic E-state index is 0.0147. The molecular weight excluding hydrogens is 464 g/mol. The Labute approximate surface area is 198 Å². The second-order valence-electron chi connectivity index (χ2n) is 7.51. The Balaban J connectivity index is 1.50. The van der Waals surface area contributed by atoms with E-state index in [-0.39, 0.29) is 23.2 Å². The summed E-state index contributed by atoms with van der Waals surface area (Å²) in [5.41, 5.74) is 2.75. The Hall–Kier alpha value is -3.17. The number of benzene rings is 2. The van der Waals surface area contributed by atoms with Crippen molar-refractivity contribution in [2.75, 3.05) is 16.6 Å². The number of rotatable bonds is 9. The average molecular weight is 489 g/mol. The molecule has 2 aromatic carbocycles. The van der Waals surface area contributed by atoms with Crippen molar-refractivity contribution in [3.05, 3.63) is 70.5 Å². The standard InChI is InChI=1S/C23H25ClN4O4S/c1-15-13-18(24)6-11-21(15)32-12-4-5-22(29)27-19-7-9-20(10-8-19)33(30,31)28-23-25-16(2)14-17(3)26-23/h6-11,13-14H,4-5,12H2,1-3H3,(H,27,29)(H,25,26,28). The van der Waals surface area contributed by atoms with Crippen LogP contribution < -0.4 is 14.8 Å². The molecule has 1 heterocycles. The van der Waals surface area contributed by atoms with E-state index in [0.29, 0.717) is 35.1 Å². The largest absolute Gasteiger partial charge is 0.493 e. The highest BCUT2D eigenvalue weighted by atomic mass is 35.5. The average Bonchev–Trinajstić information content (AvgIpc) is 2.72. The van der Waals surface area contributed by atoms with Crippen molar-refractivity contribution in [2.45, 2.75) is 38.5 Å². The van der Waals surface area contributed by atoms with E-state index in [9.17, 15) is 13.2 Å². The predicted octanol–water partition coefficient (Wildman–Crippen LogP) is 4.65. The van der Waals surface area contributed by atoms with Crippen molar-refractivity contribution >= 4 is 39.2 Å². The number of nitrogens with zero attached hydrogens (tertiary/aromatic N) is 2. The zero-order valence-corrected chi connectivity index (χ0v) is 20.1. The maximum Gasteiger partial charge on any atom is 0.264 e. The number of hydrogen-bond acceptors (Lipinski definition) is 6. The Morgan fingerprint density at radius 2 is 1.67 bits per heavy atom. The van der Waals surface area contributed by atoms with Gasteiger partial charge in [0.25, 0.3) is 10.0 Å². The molecule has 0 saturated carbocycles. The van der Waals surface area contributed by atoms with E-state index in [0.717, 1.165) is 11.3 Å². The number of nitrogens with one attached hydrogen (secondary N) is 2. The number of amides is 1. The Morgan fingerprint density at radius 3 is 2.30 bits per heavy atom. The van der Waals surface area contributed by atoms with Crippen LogP contribution in [0.25, 0.3) is 0 Å². The van der Waals surface area contributed by atoms with E-state index in [2.05, 4.69) is 20.0 Å². The van der Waals surface area contributed by atoms with Crippen LogP contribution in [0.2, 0.25) is 5.02 Å². The van der Waals surface area contributed by atoms with E-state index in [1.165, 1.54) is 24.3 Å². The molecule has 3 rings (SSSR count). The number of ether oxygens (including phenoxy) is 1. The van der Waals surface area contributed by atoms with Gasteiger partial charge in [-0.25, -0.2) is 23.1 Å². The minimum atomic E-state index is -3.85. The first-order valence-electron chi connectivity index (χ1n) is 10.3. The molecule has 0 aliphatic heterocycles. The summed E-state index contributed by atoms with van der Waals surface area (Å²) in [7, 11) is -3.85. The molecule has 8 nitrogen and oxygen atoms in total. The molecule has 0 spiro atoms. The van der Waals surface area contributed by atoms with Gasteiger partial charge in [0.2, 0.25) is 11.9 Å². The summed E-state index contributed by atoms with van der Waals surface area (Å²) in [6, 6.07) is 13.0. The molecule has 0 atom stereocenters. The fraction of sp³-hybridized carbons (Fsp3) is 0.261. The summed E-state index contributed by atoms with van der Waals surface area (Å²) >= 11 is 5.93. The number of aryl methyl sites for hydroxylation is 3. The fourth-order valence-electron chi connectivity index (χ4n) is 3.08. The summed E-state index contributed by atoms with van der Waals surface area (Å²) in [4.78, 5) is 20.4. The molecule has 0 radical (unpaired) electrons. The lowest BCUT2D eigenvalue weighted by Gasteiger charge is -2.10. The zero-order valence-electron chi connectivity index (χ0n) is 18.6. The SMILES string of the molecule is Cc1cc(C)nc(NS(=O)(=O)c2ccc(NC(=O)CCCOc3ccc(Cl)cc3C)cc2)n1. The first kappa shape index (κ1) is 24.5. The van der Waals surface area contributed by atoms with E-state index in [1.807, 2.05) is 13.0 Å². The predicted molar refractivity (Wildman–Crippen MR) is 128 cm³/mol. The normalized spacial score (nSPS) is 11.2. The Kier molecular flexibility index (Phi) is 7.88. The van der Waals surface area contributed by atoms with Gasteiger partial charge >= 0.3 is 0 Å². The molecule has 0 bridgehead atoms. The number of carbonyl (C=O) groups is 1. The Bertz CT molecular complexity index is 1230. The van der Waals surface area contributed by atoms with Gasteiger partial charge in [-0.3, -0.25) is 4.79 Å². The lowest BCUT2D eigenvalue weighted by Crippen LogP contribution is -2.16. The number of anilines is 2. The van der Waals surface area contributed by atoms with Gasteiger partial charge in [-0.2, -0.15) is 0 Å². The quantitative estimate of drug-likeness (QED) is 0.424. The summed E-state index contributed by atoms with van der Waals surface area (Å²) in [6.07, 6.45) is 0.790. The van der Waals surface area contributed by atoms with Gasteiger partial charge in [-0.15, -0.1) is 0 Å². The van der Waals surface area contributed by atoms with E-state index in [1.54, 1.807) is 32.0 Å². The molecule has 33 heavy (non-hydrogen) atoms. The molecule has 0 fully saturated rings. The molecule has 0 unspecified atom stereocenters. The summed E-state index contributed by atoms with van der Waals surface area (Å²) in [6.45, 7) is 5.81. The minimum Gasteiger partial charge on any atom is -0.493 e. The molecule has 10 heteroatoms. The van der Waals surface area contributed by atoms with Crippen molar-refractivity contribution in [2.24, 2.45) is 0 Å². The first-order valence-corrected chi connectivity index (χ1v) is 12.1. The topological polar surface area (TPSA) is 110 Å². The molecule has 0 aliphatic rings. The molecule has 2 N–H and O–H groups in total. The van der Waals surface area contributed by atoms with Crippen molar-refractivity contribution < 1.29 is 17.9 Å². The maximum atomic E-state index is 12.6. The summed E-state index contributed by atoms with van der Waals surface area (Å²) in [5.74, 6) is 0.557. The molecule has 0 aliphatic carbocycles. The van der Waals surface area contributed by atoms with Crippen LogP contribution in [0.4, 0.5) is 11.6 Å². The van der Waals surface area contributed by atoms with Gasteiger partial charge in [0, 0.05) is 28.5 Å². The van der Waals surface area contributed by atoms with Crippen LogP contribution in [0.1, 0.15) is 29.8 Å². The highest BCUT2D eigenvalue weighted by Gasteiger charge is 2.16. The van der Waals surface area contributed by atoms with Crippen molar-refractivity contribution in [1.29, 1.82) is 0 Å². The summed E-state index contributed by atoms with van der Waals surface area (Å²) < 4.78 is 33.2. The van der Waals surface area contributed by atoms with Crippen LogP contribution in [-0.2, 0) is 14.8 Å². The lowest BCUT2D eigenvalue weighted by molar-refractivity contribution is -0.116. The van der Waals surface area contributed by atoms with Crippen molar-refractivity contribution in [1.82, 2.24) is 9.97 Å². The van der Waals surface area contributed by atoms with Crippen LogP contribution in [0.3, 0.4) is 0 Å². The van der Waals surface area contributed by atoms with Gasteiger partial charge in [0.05, 0.1) is 11.5 Å². The highest BCUT2D eigenvalue weighted by Crippen LogP contribution is 2.22. The smallest absolute Gasteiger partial charge is 0.264 e. The van der Waals surface area contributed by atoms with Crippen molar-refractivity contribution in [3.63, 3.8) is 0 Å². The molecule has 3 aromatic rings. The lowest BCUT2D eigenvalue weighted by atomic mass is 10.2. The van der Waals surface area contributed by atoms with Gasteiger partial charge in [-0.05, 0) is 81.3 Å². The van der Waals surface area contributed by atoms with Gasteiger partial charge in [0.1, 0.15) is 5.75 Å². The third-order valence-corrected chi connectivity index (χ3v) is 6.18. The Morgan fingerprint density at radius 1 is 1.00 bits per heavy atom. The van der Waals surface area contributed by atoms with Gasteiger partial charge < -0.3 is 10.1 Å². The highest BCUT2D eigenvalue weighted by molar-refractivity contribution is 7.92. The van der Waals surface area contributed by atoms with Crippen LogP contribution in [0.5, 0.6) is 5.75 Å². The number of hydrogen-bond donors (Lipinski definition) is 2.